The number of hydrogen-bond donors (Lipinski definition) is 2. The first-order chi connectivity index (χ1) is 11.8. The number of likely N-dealkylation sites (tertiary alicyclic amines) is 1. The van der Waals surface area contributed by atoms with Gasteiger partial charge in [0.2, 0.25) is 5.91 Å². The third kappa shape index (κ3) is 3.10. The maximum absolute atomic E-state index is 13.2. The number of alkyl halides is 3. The van der Waals surface area contributed by atoms with Gasteiger partial charge in [0, 0.05) is 19.6 Å². The van der Waals surface area contributed by atoms with E-state index in [-0.39, 0.29) is 25.4 Å². The first kappa shape index (κ1) is 17.7. The molecule has 2 saturated heterocycles. The Labute approximate surface area is 142 Å². The first-order valence-corrected chi connectivity index (χ1v) is 8.17. The predicted molar refractivity (Wildman–Crippen MR) is 82.6 cm³/mol. The summed E-state index contributed by atoms with van der Waals surface area (Å²) >= 11 is 0. The Bertz CT molecular complexity index is 692. The second kappa shape index (κ2) is 6.33. The van der Waals surface area contributed by atoms with E-state index in [1.165, 1.54) is 17.0 Å². The lowest BCUT2D eigenvalue weighted by atomic mass is 9.71. The smallest absolute Gasteiger partial charge is 0.392 e. The molecule has 2 amide bonds. The van der Waals surface area contributed by atoms with Crippen LogP contribution in [0.5, 0.6) is 0 Å². The van der Waals surface area contributed by atoms with Gasteiger partial charge in [-0.05, 0) is 31.4 Å². The summed E-state index contributed by atoms with van der Waals surface area (Å²) in [6.45, 7) is 0.532. The number of amides is 2. The Morgan fingerprint density at radius 3 is 2.72 bits per heavy atom. The quantitative estimate of drug-likeness (QED) is 0.806. The third-order valence-electron chi connectivity index (χ3n) is 5.07. The van der Waals surface area contributed by atoms with Crippen LogP contribution in [0.4, 0.5) is 13.2 Å². The van der Waals surface area contributed by atoms with Gasteiger partial charge in [0.15, 0.2) is 0 Å². The fraction of sp³-hybridized carbons (Fsp3) is 0.529. The summed E-state index contributed by atoms with van der Waals surface area (Å²) < 4.78 is 39.5. The number of halogens is 3. The number of aliphatic hydroxyl groups is 1. The minimum absolute atomic E-state index is 0.0783. The van der Waals surface area contributed by atoms with Crippen molar-refractivity contribution in [3.05, 3.63) is 35.4 Å². The highest BCUT2D eigenvalue weighted by Crippen LogP contribution is 2.39. The first-order valence-electron chi connectivity index (χ1n) is 8.17. The highest BCUT2D eigenvalue weighted by molar-refractivity contribution is 5.96. The van der Waals surface area contributed by atoms with Crippen molar-refractivity contribution < 1.29 is 27.9 Å². The van der Waals surface area contributed by atoms with E-state index in [2.05, 4.69) is 5.32 Å². The van der Waals surface area contributed by atoms with Gasteiger partial charge in [-0.3, -0.25) is 9.59 Å². The lowest BCUT2D eigenvalue weighted by molar-refractivity contribution is -0.147. The Hall–Kier alpha value is -2.09. The van der Waals surface area contributed by atoms with Crippen LogP contribution in [0.2, 0.25) is 0 Å². The van der Waals surface area contributed by atoms with Gasteiger partial charge in [-0.25, -0.2) is 0 Å². The van der Waals surface area contributed by atoms with Gasteiger partial charge in [-0.2, -0.15) is 13.2 Å². The van der Waals surface area contributed by atoms with Crippen LogP contribution in [0.25, 0.3) is 0 Å². The maximum atomic E-state index is 13.2. The van der Waals surface area contributed by atoms with Crippen LogP contribution in [0.15, 0.2) is 24.3 Å². The summed E-state index contributed by atoms with van der Waals surface area (Å²) in [6, 6.07) is 4.62. The number of aliphatic hydroxyl groups excluding tert-OH is 1. The molecule has 0 unspecified atom stereocenters. The van der Waals surface area contributed by atoms with Gasteiger partial charge in [-0.15, -0.1) is 0 Å². The molecule has 3 rings (SSSR count). The average molecular weight is 356 g/mol. The van der Waals surface area contributed by atoms with Crippen molar-refractivity contribution in [2.24, 2.45) is 5.41 Å². The zero-order chi connectivity index (χ0) is 18.2. The Balaban J connectivity index is 1.90. The molecule has 8 heteroatoms. The van der Waals surface area contributed by atoms with Crippen LogP contribution >= 0.6 is 0 Å². The second-order valence-corrected chi connectivity index (χ2v) is 6.59. The van der Waals surface area contributed by atoms with Crippen molar-refractivity contribution in [2.75, 3.05) is 19.6 Å². The van der Waals surface area contributed by atoms with Crippen molar-refractivity contribution in [3.63, 3.8) is 0 Å². The fourth-order valence-corrected chi connectivity index (χ4v) is 3.70. The van der Waals surface area contributed by atoms with Crippen molar-refractivity contribution in [1.82, 2.24) is 10.2 Å². The molecule has 5 nitrogen and oxygen atoms in total. The van der Waals surface area contributed by atoms with Crippen LogP contribution in [0.3, 0.4) is 0 Å². The van der Waals surface area contributed by atoms with E-state index < -0.39 is 34.7 Å². The van der Waals surface area contributed by atoms with Crippen molar-refractivity contribution in [1.29, 1.82) is 0 Å². The molecule has 136 valence electrons. The van der Waals surface area contributed by atoms with Crippen molar-refractivity contribution in [2.45, 2.75) is 31.5 Å². The molecule has 2 aliphatic rings. The maximum Gasteiger partial charge on any atom is 0.417 e. The number of nitrogens with one attached hydrogen (secondary N) is 1. The van der Waals surface area contributed by atoms with E-state index in [9.17, 15) is 27.9 Å². The molecule has 25 heavy (non-hydrogen) atoms. The predicted octanol–water partition coefficient (Wildman–Crippen LogP) is 1.81. The Morgan fingerprint density at radius 2 is 2.04 bits per heavy atom. The van der Waals surface area contributed by atoms with Crippen molar-refractivity contribution in [3.8, 4) is 0 Å². The Morgan fingerprint density at radius 1 is 1.32 bits per heavy atom. The van der Waals surface area contributed by atoms with E-state index in [4.69, 9.17) is 0 Å². The molecule has 0 bridgehead atoms. The highest BCUT2D eigenvalue weighted by atomic mass is 19.4. The zero-order valence-electron chi connectivity index (χ0n) is 13.5. The molecule has 0 saturated carbocycles. The molecular weight excluding hydrogens is 337 g/mol. The lowest BCUT2D eigenvalue weighted by Crippen LogP contribution is -2.62. The van der Waals surface area contributed by atoms with E-state index in [1.807, 2.05) is 0 Å². The monoisotopic (exact) mass is 356 g/mol. The van der Waals surface area contributed by atoms with Crippen molar-refractivity contribution >= 4 is 11.8 Å². The number of piperidine rings is 2. The van der Waals surface area contributed by atoms with E-state index in [1.54, 1.807) is 0 Å². The van der Waals surface area contributed by atoms with Crippen LogP contribution in [0, 0.1) is 5.41 Å². The summed E-state index contributed by atoms with van der Waals surface area (Å²) in [6.07, 6.45) is -4.32. The molecule has 2 fully saturated rings. The SMILES string of the molecule is O=C(c1ccccc1C(F)(F)F)N1CC[C@@H](O)[C@@]2(CCCNC2=O)C1. The van der Waals surface area contributed by atoms with E-state index >= 15 is 0 Å². The van der Waals surface area contributed by atoms with Gasteiger partial charge in [0.1, 0.15) is 0 Å². The summed E-state index contributed by atoms with van der Waals surface area (Å²) in [5, 5.41) is 13.0. The van der Waals surface area contributed by atoms with E-state index in [0.717, 1.165) is 12.1 Å². The van der Waals surface area contributed by atoms with Crippen LogP contribution in [-0.4, -0.2) is 47.6 Å². The largest absolute Gasteiger partial charge is 0.417 e. The molecule has 2 atom stereocenters. The van der Waals surface area contributed by atoms with Gasteiger partial charge in [0.25, 0.3) is 5.91 Å². The van der Waals surface area contributed by atoms with Crippen LogP contribution in [0.1, 0.15) is 35.2 Å². The van der Waals surface area contributed by atoms with E-state index in [0.29, 0.717) is 19.4 Å². The highest BCUT2D eigenvalue weighted by Gasteiger charge is 2.51. The minimum Gasteiger partial charge on any atom is -0.392 e. The number of carbonyl (C=O) groups excluding carboxylic acids is 2. The molecule has 0 aliphatic carbocycles. The van der Waals surface area contributed by atoms with Crippen LogP contribution in [-0.2, 0) is 11.0 Å². The number of rotatable bonds is 1. The number of benzene rings is 1. The average Bonchev–Trinajstić information content (AvgIpc) is 2.58. The molecular formula is C17H19F3N2O3. The molecule has 2 N–H and O–H groups in total. The normalized spacial score (nSPS) is 27.3. The summed E-state index contributed by atoms with van der Waals surface area (Å²) in [7, 11) is 0. The third-order valence-corrected chi connectivity index (χ3v) is 5.07. The molecule has 2 heterocycles. The lowest BCUT2D eigenvalue weighted by Gasteiger charge is -2.46. The zero-order valence-corrected chi connectivity index (χ0v) is 13.5. The fourth-order valence-electron chi connectivity index (χ4n) is 3.70. The number of hydrogen-bond acceptors (Lipinski definition) is 3. The Kier molecular flexibility index (Phi) is 4.49. The summed E-state index contributed by atoms with van der Waals surface area (Å²) in [5.74, 6) is -1.11. The standard InChI is InChI=1S/C17H19F3N2O3/c18-17(19,20)12-5-2-1-4-11(12)14(24)22-9-6-13(23)16(10-22)7-3-8-21-15(16)25/h1-2,4-5,13,23H,3,6-10H2,(H,21,25)/t13-,16-/m1/s1. The molecule has 1 aromatic rings. The topological polar surface area (TPSA) is 69.6 Å². The molecule has 0 aromatic heterocycles. The van der Waals surface area contributed by atoms with Gasteiger partial charge >= 0.3 is 6.18 Å². The summed E-state index contributed by atoms with van der Waals surface area (Å²) in [4.78, 5) is 26.3. The number of nitrogens with zero attached hydrogens (tertiary/aromatic N) is 1. The van der Waals surface area contributed by atoms with Gasteiger partial charge in [0.05, 0.1) is 22.6 Å². The minimum atomic E-state index is -4.64. The van der Waals surface area contributed by atoms with Gasteiger partial charge < -0.3 is 15.3 Å². The molecule has 1 aromatic carbocycles. The molecule has 0 radical (unpaired) electrons. The summed E-state index contributed by atoms with van der Waals surface area (Å²) in [5.41, 5.74) is -2.56. The van der Waals surface area contributed by atoms with Crippen LogP contribution < -0.4 is 5.32 Å². The van der Waals surface area contributed by atoms with Gasteiger partial charge in [-0.1, -0.05) is 12.1 Å². The molecule has 2 aliphatic heterocycles. The number of carbonyl (C=O) groups is 2. The molecule has 1 spiro atoms. The second-order valence-electron chi connectivity index (χ2n) is 6.59.